The molecule has 0 amide bonds. The number of rotatable bonds is 7. The topological polar surface area (TPSA) is 48.4 Å². The highest BCUT2D eigenvalue weighted by atomic mass is 35.5. The van der Waals surface area contributed by atoms with Crippen molar-refractivity contribution in [1.82, 2.24) is 4.98 Å². The summed E-state index contributed by atoms with van der Waals surface area (Å²) in [5, 5.41) is 0.636. The summed E-state index contributed by atoms with van der Waals surface area (Å²) in [5.74, 6) is 1.76. The molecule has 0 saturated heterocycles. The lowest BCUT2D eigenvalue weighted by molar-refractivity contribution is 0.112. The first-order chi connectivity index (χ1) is 12.7. The average molecular weight is 368 g/mol. The monoisotopic (exact) mass is 367 g/mol. The fourth-order valence-electron chi connectivity index (χ4n) is 2.46. The standard InChI is InChI=1S/C21H18ClNO3/c1-2-12-25-21-18(4-3-11-23-21)19-13-15(14-24)5-10-20(19)26-17-8-6-16(22)7-9-17/h3-11,13-14H,2,12H2,1H3. The molecule has 5 heteroatoms. The lowest BCUT2D eigenvalue weighted by atomic mass is 10.0. The zero-order valence-electron chi connectivity index (χ0n) is 14.3. The van der Waals surface area contributed by atoms with Crippen LogP contribution in [0.3, 0.4) is 0 Å². The van der Waals surface area contributed by atoms with Crippen molar-refractivity contribution >= 4 is 17.9 Å². The molecule has 0 N–H and O–H groups in total. The second kappa shape index (κ2) is 8.50. The molecule has 0 saturated carbocycles. The Bertz CT molecular complexity index is 894. The Morgan fingerprint density at radius 1 is 1.08 bits per heavy atom. The lowest BCUT2D eigenvalue weighted by Gasteiger charge is -2.15. The smallest absolute Gasteiger partial charge is 0.221 e. The molecule has 26 heavy (non-hydrogen) atoms. The molecule has 3 aromatic rings. The van der Waals surface area contributed by atoms with Gasteiger partial charge in [-0.2, -0.15) is 0 Å². The second-order valence-corrected chi connectivity index (χ2v) is 6.07. The molecular weight excluding hydrogens is 350 g/mol. The maximum absolute atomic E-state index is 11.3. The number of benzene rings is 2. The first-order valence-electron chi connectivity index (χ1n) is 8.32. The molecule has 3 rings (SSSR count). The van der Waals surface area contributed by atoms with E-state index >= 15 is 0 Å². The van der Waals surface area contributed by atoms with Crippen LogP contribution in [0.1, 0.15) is 23.7 Å². The molecule has 0 atom stereocenters. The van der Waals surface area contributed by atoms with Crippen LogP contribution >= 0.6 is 11.6 Å². The SMILES string of the molecule is CCCOc1ncccc1-c1cc(C=O)ccc1Oc1ccc(Cl)cc1. The van der Waals surface area contributed by atoms with Crippen LogP contribution < -0.4 is 9.47 Å². The fourth-order valence-corrected chi connectivity index (χ4v) is 2.59. The van der Waals surface area contributed by atoms with Gasteiger partial charge in [-0.25, -0.2) is 4.98 Å². The van der Waals surface area contributed by atoms with Gasteiger partial charge in [0.15, 0.2) is 0 Å². The van der Waals surface area contributed by atoms with Gasteiger partial charge in [-0.1, -0.05) is 18.5 Å². The summed E-state index contributed by atoms with van der Waals surface area (Å²) < 4.78 is 11.8. The van der Waals surface area contributed by atoms with E-state index in [1.54, 1.807) is 48.7 Å². The number of carbonyl (C=O) groups is 1. The predicted octanol–water partition coefficient (Wildman–Crippen LogP) is 5.80. The van der Waals surface area contributed by atoms with Gasteiger partial charge in [0.2, 0.25) is 5.88 Å². The van der Waals surface area contributed by atoms with Gasteiger partial charge in [0, 0.05) is 27.9 Å². The number of hydrogen-bond donors (Lipinski definition) is 0. The summed E-state index contributed by atoms with van der Waals surface area (Å²) in [5.41, 5.74) is 2.06. The van der Waals surface area contributed by atoms with Gasteiger partial charge in [-0.15, -0.1) is 0 Å². The van der Waals surface area contributed by atoms with Crippen LogP contribution in [-0.2, 0) is 0 Å². The highest BCUT2D eigenvalue weighted by Gasteiger charge is 2.14. The first kappa shape index (κ1) is 18.0. The van der Waals surface area contributed by atoms with Crippen molar-refractivity contribution in [2.45, 2.75) is 13.3 Å². The molecule has 0 fully saturated rings. The molecule has 4 nitrogen and oxygen atoms in total. The van der Waals surface area contributed by atoms with Crippen LogP contribution in [0, 0.1) is 0 Å². The van der Waals surface area contributed by atoms with E-state index in [0.717, 1.165) is 23.8 Å². The van der Waals surface area contributed by atoms with Gasteiger partial charge in [0.1, 0.15) is 17.8 Å². The molecule has 0 bridgehead atoms. The van der Waals surface area contributed by atoms with E-state index in [9.17, 15) is 4.79 Å². The quantitative estimate of drug-likeness (QED) is 0.495. The molecule has 0 radical (unpaired) electrons. The molecule has 1 aromatic heterocycles. The highest BCUT2D eigenvalue weighted by Crippen LogP contribution is 2.38. The Kier molecular flexibility index (Phi) is 5.87. The molecule has 0 aliphatic rings. The largest absolute Gasteiger partial charge is 0.477 e. The summed E-state index contributed by atoms with van der Waals surface area (Å²) in [4.78, 5) is 15.6. The number of aldehydes is 1. The third-order valence-corrected chi connectivity index (χ3v) is 3.94. The van der Waals surface area contributed by atoms with E-state index in [0.29, 0.717) is 34.6 Å². The summed E-state index contributed by atoms with van der Waals surface area (Å²) >= 11 is 5.93. The van der Waals surface area contributed by atoms with Crippen LogP contribution in [-0.4, -0.2) is 17.9 Å². The van der Waals surface area contributed by atoms with E-state index in [-0.39, 0.29) is 0 Å². The van der Waals surface area contributed by atoms with Crippen molar-refractivity contribution in [2.75, 3.05) is 6.61 Å². The number of ether oxygens (including phenoxy) is 2. The molecular formula is C21H18ClNO3. The van der Waals surface area contributed by atoms with E-state index in [1.807, 2.05) is 19.1 Å². The molecule has 0 spiro atoms. The minimum absolute atomic E-state index is 0.512. The number of halogens is 1. The maximum atomic E-state index is 11.3. The normalized spacial score (nSPS) is 10.4. The van der Waals surface area contributed by atoms with Crippen LogP contribution in [0.5, 0.6) is 17.4 Å². The average Bonchev–Trinajstić information content (AvgIpc) is 2.68. The first-order valence-corrected chi connectivity index (χ1v) is 8.70. The third kappa shape index (κ3) is 4.21. The maximum Gasteiger partial charge on any atom is 0.221 e. The number of carbonyl (C=O) groups excluding carboxylic acids is 1. The number of hydrogen-bond acceptors (Lipinski definition) is 4. The summed E-state index contributed by atoms with van der Waals surface area (Å²) in [6.45, 7) is 2.59. The fraction of sp³-hybridized carbons (Fsp3) is 0.143. The third-order valence-electron chi connectivity index (χ3n) is 3.69. The Morgan fingerprint density at radius 2 is 1.88 bits per heavy atom. The van der Waals surface area contributed by atoms with Crippen molar-refractivity contribution in [3.8, 4) is 28.5 Å². The predicted molar refractivity (Wildman–Crippen MR) is 102 cm³/mol. The van der Waals surface area contributed by atoms with Gasteiger partial charge in [0.25, 0.3) is 0 Å². The summed E-state index contributed by atoms with van der Waals surface area (Å²) in [7, 11) is 0. The molecule has 132 valence electrons. The van der Waals surface area contributed by atoms with Crippen molar-refractivity contribution < 1.29 is 14.3 Å². The summed E-state index contributed by atoms with van der Waals surface area (Å²) in [6.07, 6.45) is 3.36. The van der Waals surface area contributed by atoms with Crippen molar-refractivity contribution in [1.29, 1.82) is 0 Å². The zero-order chi connectivity index (χ0) is 18.4. The Labute approximate surface area is 157 Å². The van der Waals surface area contributed by atoms with E-state index in [1.165, 1.54) is 0 Å². The molecule has 0 aliphatic heterocycles. The Hall–Kier alpha value is -2.85. The number of pyridine rings is 1. The van der Waals surface area contributed by atoms with E-state index in [4.69, 9.17) is 21.1 Å². The Balaban J connectivity index is 2.05. The zero-order valence-corrected chi connectivity index (χ0v) is 15.1. The number of aromatic nitrogens is 1. The van der Waals surface area contributed by atoms with Gasteiger partial charge >= 0.3 is 0 Å². The minimum atomic E-state index is 0.512. The summed E-state index contributed by atoms with van der Waals surface area (Å²) in [6, 6.07) is 16.1. The van der Waals surface area contributed by atoms with Crippen LogP contribution in [0.15, 0.2) is 60.8 Å². The molecule has 0 unspecified atom stereocenters. The van der Waals surface area contributed by atoms with Gasteiger partial charge in [-0.05, 0) is 61.0 Å². The van der Waals surface area contributed by atoms with Gasteiger partial charge < -0.3 is 9.47 Å². The molecule has 0 aliphatic carbocycles. The van der Waals surface area contributed by atoms with Gasteiger partial charge in [0.05, 0.1) is 6.61 Å². The van der Waals surface area contributed by atoms with Crippen molar-refractivity contribution in [2.24, 2.45) is 0 Å². The second-order valence-electron chi connectivity index (χ2n) is 5.63. The highest BCUT2D eigenvalue weighted by molar-refractivity contribution is 6.30. The number of nitrogens with zero attached hydrogens (tertiary/aromatic N) is 1. The van der Waals surface area contributed by atoms with E-state index in [2.05, 4.69) is 4.98 Å². The van der Waals surface area contributed by atoms with Crippen LogP contribution in [0.2, 0.25) is 5.02 Å². The van der Waals surface area contributed by atoms with Crippen molar-refractivity contribution in [3.05, 3.63) is 71.4 Å². The Morgan fingerprint density at radius 3 is 2.62 bits per heavy atom. The lowest BCUT2D eigenvalue weighted by Crippen LogP contribution is -2.00. The minimum Gasteiger partial charge on any atom is -0.477 e. The molecule has 2 aromatic carbocycles. The van der Waals surface area contributed by atoms with Gasteiger partial charge in [-0.3, -0.25) is 4.79 Å². The van der Waals surface area contributed by atoms with Crippen LogP contribution in [0.25, 0.3) is 11.1 Å². The van der Waals surface area contributed by atoms with Crippen molar-refractivity contribution in [3.63, 3.8) is 0 Å². The van der Waals surface area contributed by atoms with E-state index < -0.39 is 0 Å². The van der Waals surface area contributed by atoms with Crippen LogP contribution in [0.4, 0.5) is 0 Å². The molecule has 1 heterocycles.